The number of amides is 1. The van der Waals surface area contributed by atoms with Crippen LogP contribution in [0.4, 0.5) is 5.69 Å². The quantitative estimate of drug-likeness (QED) is 0.733. The van der Waals surface area contributed by atoms with Gasteiger partial charge in [-0.25, -0.2) is 0 Å². The highest BCUT2D eigenvalue weighted by Gasteiger charge is 2.32. The van der Waals surface area contributed by atoms with E-state index in [1.165, 1.54) is 0 Å². The van der Waals surface area contributed by atoms with Crippen LogP contribution < -0.4 is 4.90 Å². The lowest BCUT2D eigenvalue weighted by Gasteiger charge is -2.39. The van der Waals surface area contributed by atoms with Crippen LogP contribution in [0, 0.1) is 11.8 Å². The van der Waals surface area contributed by atoms with Gasteiger partial charge in [-0.1, -0.05) is 24.3 Å². The van der Waals surface area contributed by atoms with Crippen LogP contribution in [0.25, 0.3) is 0 Å². The minimum atomic E-state index is -0.746. The van der Waals surface area contributed by atoms with Gasteiger partial charge in [0, 0.05) is 43.7 Å². The van der Waals surface area contributed by atoms with Crippen LogP contribution in [-0.4, -0.2) is 48.6 Å². The molecule has 1 aliphatic rings. The highest BCUT2D eigenvalue weighted by atomic mass is 32.1. The number of carboxylic acid groups (broad SMARTS) is 1. The summed E-state index contributed by atoms with van der Waals surface area (Å²) in [6.45, 7) is 2.16. The first-order valence-electron chi connectivity index (χ1n) is 9.81. The maximum absolute atomic E-state index is 12.7. The number of anilines is 1. The van der Waals surface area contributed by atoms with Gasteiger partial charge in [0.1, 0.15) is 0 Å². The topological polar surface area (TPSA) is 60.9 Å². The third-order valence-corrected chi connectivity index (χ3v) is 6.50. The Kier molecular flexibility index (Phi) is 7.09. The lowest BCUT2D eigenvalue weighted by molar-refractivity contribution is -0.139. The highest BCUT2D eigenvalue weighted by molar-refractivity contribution is 7.10. The molecule has 1 aromatic carbocycles. The standard InChI is InChI=1S/C22H28N2O3S/c1-23(19-6-3-2-4-7-19)11-9-18-16-24(12-10-17(18)14-22(26)27)21(25)15-20-8-5-13-28-20/h2-8,13,17-18H,9-12,14-16H2,1H3,(H,26,27)/t17-,18-/m0/s1. The zero-order valence-electron chi connectivity index (χ0n) is 16.3. The number of hydrogen-bond acceptors (Lipinski definition) is 4. The molecule has 0 saturated carbocycles. The highest BCUT2D eigenvalue weighted by Crippen LogP contribution is 2.30. The molecule has 0 unspecified atom stereocenters. The molecule has 1 saturated heterocycles. The molecule has 1 N–H and O–H groups in total. The SMILES string of the molecule is CN(CC[C@H]1CN(C(=O)Cc2cccs2)CC[C@H]1CC(=O)O)c1ccccc1. The number of likely N-dealkylation sites (tertiary alicyclic amines) is 1. The largest absolute Gasteiger partial charge is 0.481 e. The maximum atomic E-state index is 12.7. The summed E-state index contributed by atoms with van der Waals surface area (Å²) >= 11 is 1.60. The van der Waals surface area contributed by atoms with Crippen LogP contribution in [0.15, 0.2) is 47.8 Å². The summed E-state index contributed by atoms with van der Waals surface area (Å²) in [7, 11) is 2.06. The minimum Gasteiger partial charge on any atom is -0.481 e. The summed E-state index contributed by atoms with van der Waals surface area (Å²) in [4.78, 5) is 29.2. The number of benzene rings is 1. The Morgan fingerprint density at radius 1 is 1.18 bits per heavy atom. The molecule has 5 nitrogen and oxygen atoms in total. The second-order valence-corrected chi connectivity index (χ2v) is 8.58. The lowest BCUT2D eigenvalue weighted by Crippen LogP contribution is -2.45. The molecule has 2 atom stereocenters. The fraction of sp³-hybridized carbons (Fsp3) is 0.455. The average molecular weight is 401 g/mol. The van der Waals surface area contributed by atoms with Crippen molar-refractivity contribution in [2.24, 2.45) is 11.8 Å². The molecule has 6 heteroatoms. The number of thiophene rings is 1. The van der Waals surface area contributed by atoms with Gasteiger partial charge in [0.15, 0.2) is 0 Å². The molecular weight excluding hydrogens is 372 g/mol. The van der Waals surface area contributed by atoms with E-state index < -0.39 is 5.97 Å². The van der Waals surface area contributed by atoms with Crippen molar-refractivity contribution in [2.75, 3.05) is 31.6 Å². The average Bonchev–Trinajstić information content (AvgIpc) is 3.20. The Morgan fingerprint density at radius 2 is 1.96 bits per heavy atom. The summed E-state index contributed by atoms with van der Waals surface area (Å²) < 4.78 is 0. The van der Waals surface area contributed by atoms with Crippen molar-refractivity contribution in [2.45, 2.75) is 25.7 Å². The van der Waals surface area contributed by atoms with Gasteiger partial charge in [0.25, 0.3) is 0 Å². The van der Waals surface area contributed by atoms with Gasteiger partial charge in [-0.3, -0.25) is 9.59 Å². The van der Waals surface area contributed by atoms with E-state index in [-0.39, 0.29) is 24.2 Å². The second-order valence-electron chi connectivity index (χ2n) is 7.55. The van der Waals surface area contributed by atoms with Crippen molar-refractivity contribution < 1.29 is 14.7 Å². The molecule has 1 fully saturated rings. The van der Waals surface area contributed by atoms with E-state index in [1.807, 2.05) is 40.6 Å². The van der Waals surface area contributed by atoms with Gasteiger partial charge in [-0.2, -0.15) is 0 Å². The third-order valence-electron chi connectivity index (χ3n) is 5.62. The summed E-state index contributed by atoms with van der Waals surface area (Å²) in [6, 6.07) is 14.1. The van der Waals surface area contributed by atoms with Crippen molar-refractivity contribution in [1.29, 1.82) is 0 Å². The molecule has 0 radical (unpaired) electrons. The van der Waals surface area contributed by atoms with E-state index in [1.54, 1.807) is 11.3 Å². The molecule has 0 aliphatic carbocycles. The van der Waals surface area contributed by atoms with E-state index in [2.05, 4.69) is 24.1 Å². The van der Waals surface area contributed by atoms with Gasteiger partial charge < -0.3 is 14.9 Å². The number of nitrogens with zero attached hydrogens (tertiary/aromatic N) is 2. The fourth-order valence-corrected chi connectivity index (χ4v) is 4.67. The molecule has 150 valence electrons. The normalized spacial score (nSPS) is 19.4. The smallest absolute Gasteiger partial charge is 0.303 e. The fourth-order valence-electron chi connectivity index (χ4n) is 3.97. The van der Waals surface area contributed by atoms with Gasteiger partial charge in [-0.05, 0) is 48.3 Å². The third kappa shape index (κ3) is 5.58. The van der Waals surface area contributed by atoms with Gasteiger partial charge >= 0.3 is 5.97 Å². The van der Waals surface area contributed by atoms with Crippen molar-refractivity contribution in [3.05, 3.63) is 52.7 Å². The molecule has 0 bridgehead atoms. The van der Waals surface area contributed by atoms with Gasteiger partial charge in [-0.15, -0.1) is 11.3 Å². The Bertz CT molecular complexity index is 763. The molecule has 3 rings (SSSR count). The van der Waals surface area contributed by atoms with Crippen LogP contribution in [0.1, 0.15) is 24.1 Å². The number of piperidine rings is 1. The van der Waals surface area contributed by atoms with Crippen LogP contribution in [0.5, 0.6) is 0 Å². The molecule has 1 aromatic heterocycles. The Labute approximate surface area is 170 Å². The number of hydrogen-bond donors (Lipinski definition) is 1. The van der Waals surface area contributed by atoms with Crippen LogP contribution in [0.3, 0.4) is 0 Å². The van der Waals surface area contributed by atoms with Crippen molar-refractivity contribution in [1.82, 2.24) is 4.90 Å². The number of para-hydroxylation sites is 1. The van der Waals surface area contributed by atoms with E-state index in [0.29, 0.717) is 19.5 Å². The molecular formula is C22H28N2O3S. The zero-order chi connectivity index (χ0) is 19.9. The van der Waals surface area contributed by atoms with Gasteiger partial charge in [0.05, 0.1) is 6.42 Å². The molecule has 28 heavy (non-hydrogen) atoms. The van der Waals surface area contributed by atoms with Crippen molar-refractivity contribution >= 4 is 28.9 Å². The predicted octanol–water partition coefficient (Wildman–Crippen LogP) is 3.76. The first-order valence-corrected chi connectivity index (χ1v) is 10.7. The van der Waals surface area contributed by atoms with Crippen molar-refractivity contribution in [3.63, 3.8) is 0 Å². The predicted molar refractivity (Wildman–Crippen MR) is 113 cm³/mol. The van der Waals surface area contributed by atoms with E-state index in [9.17, 15) is 14.7 Å². The molecule has 1 aliphatic heterocycles. The first-order chi connectivity index (χ1) is 13.5. The summed E-state index contributed by atoms with van der Waals surface area (Å²) in [5.41, 5.74) is 1.15. The first kappa shape index (κ1) is 20.4. The number of rotatable bonds is 8. The molecule has 2 heterocycles. The number of aliphatic carboxylic acids is 1. The monoisotopic (exact) mass is 400 g/mol. The summed E-state index contributed by atoms with van der Waals surface area (Å²) in [6.07, 6.45) is 2.28. The molecule has 0 spiro atoms. The second kappa shape index (κ2) is 9.73. The van der Waals surface area contributed by atoms with Crippen LogP contribution in [0.2, 0.25) is 0 Å². The van der Waals surface area contributed by atoms with Crippen molar-refractivity contribution in [3.8, 4) is 0 Å². The Morgan fingerprint density at radius 3 is 2.64 bits per heavy atom. The van der Waals surface area contributed by atoms with Gasteiger partial charge in [0.2, 0.25) is 5.91 Å². The number of carbonyl (C=O) groups excluding carboxylic acids is 1. The Hall–Kier alpha value is -2.34. The summed E-state index contributed by atoms with van der Waals surface area (Å²) in [5.74, 6) is -0.252. The maximum Gasteiger partial charge on any atom is 0.303 e. The number of carbonyl (C=O) groups is 2. The van der Waals surface area contributed by atoms with E-state index in [4.69, 9.17) is 0 Å². The van der Waals surface area contributed by atoms with Crippen LogP contribution >= 0.6 is 11.3 Å². The molecule has 2 aromatic rings. The zero-order valence-corrected chi connectivity index (χ0v) is 17.1. The number of carboxylic acids is 1. The lowest BCUT2D eigenvalue weighted by atomic mass is 9.81. The summed E-state index contributed by atoms with van der Waals surface area (Å²) in [5, 5.41) is 11.3. The minimum absolute atomic E-state index is 0.132. The Balaban J connectivity index is 1.61. The van der Waals surface area contributed by atoms with E-state index >= 15 is 0 Å². The van der Waals surface area contributed by atoms with E-state index in [0.717, 1.165) is 30.0 Å². The molecule has 1 amide bonds. The van der Waals surface area contributed by atoms with Crippen LogP contribution in [-0.2, 0) is 16.0 Å².